The molecule has 1 aromatic carbocycles. The lowest BCUT2D eigenvalue weighted by atomic mass is 10.0. The Balaban J connectivity index is 2.13. The van der Waals surface area contributed by atoms with Crippen molar-refractivity contribution in [2.75, 3.05) is 6.54 Å². The normalized spacial score (nSPS) is 14.4. The third-order valence-electron chi connectivity index (χ3n) is 3.76. The van der Waals surface area contributed by atoms with Gasteiger partial charge in [-0.3, -0.25) is 0 Å². The van der Waals surface area contributed by atoms with Crippen LogP contribution in [0.3, 0.4) is 0 Å². The second-order valence-electron chi connectivity index (χ2n) is 5.00. The van der Waals surface area contributed by atoms with Gasteiger partial charge >= 0.3 is 0 Å². The molecule has 2 N–H and O–H groups in total. The minimum Gasteiger partial charge on any atom is -0.330 e. The summed E-state index contributed by atoms with van der Waals surface area (Å²) in [6.45, 7) is 0.629. The molecule has 0 spiro atoms. The smallest absolute Gasteiger partial charge is 0.0998 e. The van der Waals surface area contributed by atoms with Crippen molar-refractivity contribution in [1.82, 2.24) is 9.55 Å². The first-order valence-electron chi connectivity index (χ1n) is 6.84. The van der Waals surface area contributed by atoms with Gasteiger partial charge in [0.05, 0.1) is 22.7 Å². The third-order valence-corrected chi connectivity index (χ3v) is 4.06. The molecule has 0 aliphatic heterocycles. The molecule has 19 heavy (non-hydrogen) atoms. The summed E-state index contributed by atoms with van der Waals surface area (Å²) in [6.07, 6.45) is 7.39. The standard InChI is InChI=1S/C15H18ClN3/c16-12-5-3-4-11(8-9-17)15(12)19-10-18-13-6-1-2-7-14(13)19/h3-5,10H,1-2,6-9,17H2. The van der Waals surface area contributed by atoms with E-state index in [9.17, 15) is 0 Å². The molecule has 3 nitrogen and oxygen atoms in total. The number of aryl methyl sites for hydroxylation is 1. The molecule has 0 unspecified atom stereocenters. The summed E-state index contributed by atoms with van der Waals surface area (Å²) in [5.74, 6) is 0. The van der Waals surface area contributed by atoms with E-state index in [2.05, 4.69) is 15.6 Å². The van der Waals surface area contributed by atoms with Crippen LogP contribution in [0.2, 0.25) is 5.02 Å². The number of nitrogens with two attached hydrogens (primary N) is 1. The Morgan fingerprint density at radius 1 is 1.26 bits per heavy atom. The van der Waals surface area contributed by atoms with Gasteiger partial charge in [0.15, 0.2) is 0 Å². The Kier molecular flexibility index (Phi) is 3.58. The van der Waals surface area contributed by atoms with Gasteiger partial charge in [-0.1, -0.05) is 23.7 Å². The number of fused-ring (bicyclic) bond motifs is 1. The highest BCUT2D eigenvalue weighted by Crippen LogP contribution is 2.29. The van der Waals surface area contributed by atoms with Crippen molar-refractivity contribution in [2.24, 2.45) is 5.73 Å². The molecule has 1 aliphatic carbocycles. The van der Waals surface area contributed by atoms with Crippen LogP contribution < -0.4 is 5.73 Å². The Bertz CT molecular complexity index is 589. The second-order valence-corrected chi connectivity index (χ2v) is 5.41. The van der Waals surface area contributed by atoms with Crippen LogP contribution in [0.25, 0.3) is 5.69 Å². The lowest BCUT2D eigenvalue weighted by Gasteiger charge is -2.17. The van der Waals surface area contributed by atoms with Gasteiger partial charge in [-0.05, 0) is 50.3 Å². The molecule has 0 saturated carbocycles. The largest absolute Gasteiger partial charge is 0.330 e. The topological polar surface area (TPSA) is 43.8 Å². The van der Waals surface area contributed by atoms with Crippen LogP contribution in [0, 0.1) is 0 Å². The quantitative estimate of drug-likeness (QED) is 0.936. The van der Waals surface area contributed by atoms with Gasteiger partial charge in [0.1, 0.15) is 0 Å². The number of hydrogen-bond acceptors (Lipinski definition) is 2. The molecule has 0 saturated heterocycles. The van der Waals surface area contributed by atoms with Crippen LogP contribution in [0.5, 0.6) is 0 Å². The van der Waals surface area contributed by atoms with Gasteiger partial charge in [-0.25, -0.2) is 4.98 Å². The number of aromatic nitrogens is 2. The molecule has 0 amide bonds. The Morgan fingerprint density at radius 3 is 2.95 bits per heavy atom. The van der Waals surface area contributed by atoms with E-state index in [1.54, 1.807) is 0 Å². The summed E-state index contributed by atoms with van der Waals surface area (Å²) in [5, 5.41) is 0.775. The summed E-state index contributed by atoms with van der Waals surface area (Å²) < 4.78 is 2.17. The van der Waals surface area contributed by atoms with E-state index in [4.69, 9.17) is 17.3 Å². The zero-order valence-corrected chi connectivity index (χ0v) is 11.7. The van der Waals surface area contributed by atoms with E-state index in [0.717, 1.165) is 30.0 Å². The summed E-state index contributed by atoms with van der Waals surface area (Å²) in [4.78, 5) is 4.55. The summed E-state index contributed by atoms with van der Waals surface area (Å²) in [5.41, 5.74) is 10.5. The Morgan fingerprint density at radius 2 is 2.11 bits per heavy atom. The number of hydrogen-bond donors (Lipinski definition) is 1. The number of benzene rings is 1. The maximum absolute atomic E-state index is 6.41. The van der Waals surface area contributed by atoms with Crippen molar-refractivity contribution in [2.45, 2.75) is 32.1 Å². The molecular formula is C15H18ClN3. The van der Waals surface area contributed by atoms with Crippen molar-refractivity contribution in [1.29, 1.82) is 0 Å². The number of halogens is 1. The Hall–Kier alpha value is -1.32. The van der Waals surface area contributed by atoms with E-state index in [1.807, 2.05) is 18.5 Å². The molecule has 0 bridgehead atoms. The van der Waals surface area contributed by atoms with E-state index in [0.29, 0.717) is 6.54 Å². The number of para-hydroxylation sites is 1. The summed E-state index contributed by atoms with van der Waals surface area (Å²) >= 11 is 6.41. The van der Waals surface area contributed by atoms with Crippen molar-refractivity contribution in [3.63, 3.8) is 0 Å². The molecule has 3 rings (SSSR count). The third kappa shape index (κ3) is 2.28. The van der Waals surface area contributed by atoms with Crippen molar-refractivity contribution >= 4 is 11.6 Å². The second kappa shape index (κ2) is 5.35. The molecule has 1 aromatic heterocycles. The van der Waals surface area contributed by atoms with E-state index in [1.165, 1.54) is 29.8 Å². The maximum atomic E-state index is 6.41. The highest BCUT2D eigenvalue weighted by molar-refractivity contribution is 6.32. The van der Waals surface area contributed by atoms with Crippen LogP contribution in [0.4, 0.5) is 0 Å². The molecule has 2 aromatic rings. The van der Waals surface area contributed by atoms with Crippen molar-refractivity contribution in [3.05, 3.63) is 46.5 Å². The molecule has 0 atom stereocenters. The van der Waals surface area contributed by atoms with Crippen molar-refractivity contribution in [3.8, 4) is 5.69 Å². The highest BCUT2D eigenvalue weighted by Gasteiger charge is 2.18. The van der Waals surface area contributed by atoms with Gasteiger partial charge in [-0.15, -0.1) is 0 Å². The van der Waals surface area contributed by atoms with Crippen LogP contribution in [-0.4, -0.2) is 16.1 Å². The van der Waals surface area contributed by atoms with E-state index >= 15 is 0 Å². The number of imidazole rings is 1. The predicted molar refractivity (Wildman–Crippen MR) is 78.0 cm³/mol. The highest BCUT2D eigenvalue weighted by atomic mass is 35.5. The van der Waals surface area contributed by atoms with Crippen LogP contribution in [0.15, 0.2) is 24.5 Å². The fraction of sp³-hybridized carbons (Fsp3) is 0.400. The van der Waals surface area contributed by atoms with Crippen LogP contribution >= 0.6 is 11.6 Å². The van der Waals surface area contributed by atoms with E-state index in [-0.39, 0.29) is 0 Å². The van der Waals surface area contributed by atoms with Crippen LogP contribution in [-0.2, 0) is 19.3 Å². The molecule has 1 aliphatic rings. The lowest BCUT2D eigenvalue weighted by molar-refractivity contribution is 0.655. The Labute approximate surface area is 118 Å². The first-order valence-corrected chi connectivity index (χ1v) is 7.22. The summed E-state index contributed by atoms with van der Waals surface area (Å²) in [6, 6.07) is 6.02. The van der Waals surface area contributed by atoms with Crippen molar-refractivity contribution < 1.29 is 0 Å². The predicted octanol–water partition coefficient (Wildman–Crippen LogP) is 2.91. The van der Waals surface area contributed by atoms with Gasteiger partial charge in [0.25, 0.3) is 0 Å². The van der Waals surface area contributed by atoms with Gasteiger partial charge in [-0.2, -0.15) is 0 Å². The zero-order chi connectivity index (χ0) is 13.2. The lowest BCUT2D eigenvalue weighted by Crippen LogP contribution is -2.11. The first-order chi connectivity index (χ1) is 9.31. The van der Waals surface area contributed by atoms with Gasteiger partial charge in [0.2, 0.25) is 0 Å². The SMILES string of the molecule is NCCc1cccc(Cl)c1-n1cnc2c1CCCC2. The molecule has 0 fully saturated rings. The molecule has 4 heteroatoms. The van der Waals surface area contributed by atoms with E-state index < -0.39 is 0 Å². The van der Waals surface area contributed by atoms with Gasteiger partial charge < -0.3 is 10.3 Å². The first kappa shape index (κ1) is 12.7. The van der Waals surface area contributed by atoms with Crippen LogP contribution in [0.1, 0.15) is 29.8 Å². The minimum atomic E-state index is 0.629. The average Bonchev–Trinajstić information content (AvgIpc) is 2.83. The van der Waals surface area contributed by atoms with Gasteiger partial charge in [0, 0.05) is 5.69 Å². The average molecular weight is 276 g/mol. The summed E-state index contributed by atoms with van der Waals surface area (Å²) in [7, 11) is 0. The fourth-order valence-electron chi connectivity index (χ4n) is 2.85. The molecule has 100 valence electrons. The zero-order valence-electron chi connectivity index (χ0n) is 10.9. The number of rotatable bonds is 3. The molecule has 0 radical (unpaired) electrons. The number of nitrogens with zero attached hydrogens (tertiary/aromatic N) is 2. The minimum absolute atomic E-state index is 0.629. The maximum Gasteiger partial charge on any atom is 0.0998 e. The molecule has 1 heterocycles. The monoisotopic (exact) mass is 275 g/mol. The molecular weight excluding hydrogens is 258 g/mol. The fourth-order valence-corrected chi connectivity index (χ4v) is 3.13.